The summed E-state index contributed by atoms with van der Waals surface area (Å²) >= 11 is 0. The molecule has 140 valence electrons. The molecule has 0 radical (unpaired) electrons. The maximum Gasteiger partial charge on any atom is 0.222 e. The van der Waals surface area contributed by atoms with Crippen LogP contribution in [0, 0.1) is 0 Å². The van der Waals surface area contributed by atoms with Crippen molar-refractivity contribution in [1.29, 1.82) is 0 Å². The predicted molar refractivity (Wildman–Crippen MR) is 98.0 cm³/mol. The highest BCUT2D eigenvalue weighted by Crippen LogP contribution is 2.11. The zero-order chi connectivity index (χ0) is 17.8. The second-order valence-electron chi connectivity index (χ2n) is 5.97. The summed E-state index contributed by atoms with van der Waals surface area (Å²) in [5.41, 5.74) is 0. The normalized spacial score (nSPS) is 16.8. The lowest BCUT2D eigenvalue weighted by molar-refractivity contribution is -0.130. The van der Waals surface area contributed by atoms with Crippen LogP contribution in [0.25, 0.3) is 0 Å². The maximum atomic E-state index is 11.9. The fourth-order valence-electron chi connectivity index (χ4n) is 2.54. The summed E-state index contributed by atoms with van der Waals surface area (Å²) < 4.78 is 23.0. The molecule has 7 nitrogen and oxygen atoms in total. The first-order valence-electron chi connectivity index (χ1n) is 8.99. The highest BCUT2D eigenvalue weighted by molar-refractivity contribution is 7.91. The molecule has 1 heterocycles. The summed E-state index contributed by atoms with van der Waals surface area (Å²) in [5.74, 6) is 1.15. The third kappa shape index (κ3) is 8.52. The molecule has 1 fully saturated rings. The van der Waals surface area contributed by atoms with E-state index in [1.165, 1.54) is 0 Å². The van der Waals surface area contributed by atoms with Crippen LogP contribution in [0.4, 0.5) is 0 Å². The van der Waals surface area contributed by atoms with E-state index in [2.05, 4.69) is 15.6 Å². The van der Waals surface area contributed by atoms with Crippen LogP contribution in [0.15, 0.2) is 4.99 Å². The van der Waals surface area contributed by atoms with Crippen molar-refractivity contribution in [3.63, 3.8) is 0 Å². The summed E-state index contributed by atoms with van der Waals surface area (Å²) in [4.78, 5) is 18.3. The highest BCUT2D eigenvalue weighted by atomic mass is 32.2. The molecule has 1 saturated heterocycles. The minimum absolute atomic E-state index is 0.107. The number of guanidine groups is 1. The molecule has 24 heavy (non-hydrogen) atoms. The van der Waals surface area contributed by atoms with Gasteiger partial charge in [0.25, 0.3) is 0 Å². The molecular weight excluding hydrogens is 328 g/mol. The van der Waals surface area contributed by atoms with Gasteiger partial charge in [-0.05, 0) is 26.2 Å². The minimum atomic E-state index is -2.97. The molecule has 0 aromatic carbocycles. The number of likely N-dealkylation sites (tertiary alicyclic amines) is 1. The summed E-state index contributed by atoms with van der Waals surface area (Å²) in [7, 11) is -2.97. The van der Waals surface area contributed by atoms with Gasteiger partial charge in [0.05, 0.1) is 5.75 Å². The van der Waals surface area contributed by atoms with E-state index in [0.29, 0.717) is 25.5 Å². The Hall–Kier alpha value is -1.31. The van der Waals surface area contributed by atoms with Gasteiger partial charge >= 0.3 is 0 Å². The number of carbonyl (C=O) groups excluding carboxylic acids is 1. The zero-order valence-corrected chi connectivity index (χ0v) is 15.8. The first-order chi connectivity index (χ1) is 11.5. The van der Waals surface area contributed by atoms with Gasteiger partial charge in [0, 0.05) is 44.9 Å². The molecule has 0 saturated carbocycles. The van der Waals surface area contributed by atoms with E-state index in [9.17, 15) is 13.2 Å². The van der Waals surface area contributed by atoms with Crippen molar-refractivity contribution >= 4 is 21.7 Å². The van der Waals surface area contributed by atoms with Crippen LogP contribution >= 0.6 is 0 Å². The standard InChI is InChI=1S/C16H32N4O3S/c1-3-17-16(19-11-14-24(22,23)4-2)18-10-8-13-20-12-7-5-6-9-15(20)21/h3-14H2,1-2H3,(H2,17,18,19). The van der Waals surface area contributed by atoms with Gasteiger partial charge in [-0.3, -0.25) is 9.79 Å². The monoisotopic (exact) mass is 360 g/mol. The first-order valence-corrected chi connectivity index (χ1v) is 10.8. The summed E-state index contributed by atoms with van der Waals surface area (Å²) in [6, 6.07) is 0. The van der Waals surface area contributed by atoms with Gasteiger partial charge in [-0.15, -0.1) is 0 Å². The Balaban J connectivity index is 2.35. The summed E-state index contributed by atoms with van der Waals surface area (Å²) in [6.07, 6.45) is 4.71. The van der Waals surface area contributed by atoms with Crippen molar-refractivity contribution in [2.45, 2.75) is 46.0 Å². The van der Waals surface area contributed by atoms with Gasteiger partial charge in [0.15, 0.2) is 15.8 Å². The smallest absolute Gasteiger partial charge is 0.222 e. The van der Waals surface area contributed by atoms with Gasteiger partial charge in [0.2, 0.25) is 5.91 Å². The minimum Gasteiger partial charge on any atom is -0.357 e. The van der Waals surface area contributed by atoms with Crippen LogP contribution in [0.1, 0.15) is 46.0 Å². The number of carbonyl (C=O) groups is 1. The van der Waals surface area contributed by atoms with Crippen LogP contribution < -0.4 is 10.6 Å². The van der Waals surface area contributed by atoms with Crippen molar-refractivity contribution in [3.05, 3.63) is 0 Å². The van der Waals surface area contributed by atoms with Crippen LogP contribution in [0.5, 0.6) is 0 Å². The number of amides is 1. The van der Waals surface area contributed by atoms with E-state index < -0.39 is 9.84 Å². The lowest BCUT2D eigenvalue weighted by atomic mass is 10.2. The number of nitrogens with one attached hydrogen (secondary N) is 2. The summed E-state index contributed by atoms with van der Waals surface area (Å²) in [6.45, 7) is 6.90. The average molecular weight is 361 g/mol. The molecule has 1 aliphatic rings. The number of sulfone groups is 1. The van der Waals surface area contributed by atoms with Gasteiger partial charge in [-0.25, -0.2) is 8.42 Å². The van der Waals surface area contributed by atoms with Gasteiger partial charge in [-0.1, -0.05) is 13.3 Å². The second kappa shape index (κ2) is 11.3. The average Bonchev–Trinajstić information content (AvgIpc) is 2.76. The Morgan fingerprint density at radius 1 is 1.21 bits per heavy atom. The van der Waals surface area contributed by atoms with Crippen LogP contribution in [0.2, 0.25) is 0 Å². The molecule has 1 rings (SSSR count). The quantitative estimate of drug-likeness (QED) is 0.360. The fourth-order valence-corrected chi connectivity index (χ4v) is 3.24. The topological polar surface area (TPSA) is 90.9 Å². The molecule has 0 aromatic rings. The SMILES string of the molecule is CCNC(=NCCCN1CCCCCC1=O)NCCS(=O)(=O)CC. The Morgan fingerprint density at radius 2 is 2.00 bits per heavy atom. The number of rotatable bonds is 9. The van der Waals surface area contributed by atoms with Crippen molar-refractivity contribution in [2.24, 2.45) is 4.99 Å². The lowest BCUT2D eigenvalue weighted by Crippen LogP contribution is -2.40. The Labute approximate surface area is 146 Å². The molecule has 1 amide bonds. The van der Waals surface area contributed by atoms with E-state index in [1.807, 2.05) is 11.8 Å². The third-order valence-corrected chi connectivity index (χ3v) is 5.72. The van der Waals surface area contributed by atoms with Crippen molar-refractivity contribution < 1.29 is 13.2 Å². The molecule has 2 N–H and O–H groups in total. The van der Waals surface area contributed by atoms with Crippen molar-refractivity contribution in [1.82, 2.24) is 15.5 Å². The molecule has 0 atom stereocenters. The van der Waals surface area contributed by atoms with Crippen molar-refractivity contribution in [3.8, 4) is 0 Å². The summed E-state index contributed by atoms with van der Waals surface area (Å²) in [5, 5.41) is 6.16. The largest absolute Gasteiger partial charge is 0.357 e. The predicted octanol–water partition coefficient (Wildman–Crippen LogP) is 0.769. The molecule has 0 aliphatic carbocycles. The Morgan fingerprint density at radius 3 is 2.71 bits per heavy atom. The van der Waals surface area contributed by atoms with Gasteiger partial charge in [-0.2, -0.15) is 0 Å². The molecule has 8 heteroatoms. The van der Waals surface area contributed by atoms with E-state index in [0.717, 1.165) is 45.3 Å². The number of hydrogen-bond donors (Lipinski definition) is 2. The third-order valence-electron chi connectivity index (χ3n) is 4.02. The molecule has 0 spiro atoms. The highest BCUT2D eigenvalue weighted by Gasteiger charge is 2.15. The van der Waals surface area contributed by atoms with E-state index >= 15 is 0 Å². The molecule has 0 unspecified atom stereocenters. The molecule has 0 bridgehead atoms. The van der Waals surface area contributed by atoms with E-state index in [4.69, 9.17) is 0 Å². The van der Waals surface area contributed by atoms with Crippen LogP contribution in [-0.4, -0.2) is 69.4 Å². The van der Waals surface area contributed by atoms with Gasteiger partial charge in [0.1, 0.15) is 0 Å². The molecular formula is C16H32N4O3S. The van der Waals surface area contributed by atoms with Gasteiger partial charge < -0.3 is 15.5 Å². The molecule has 0 aromatic heterocycles. The van der Waals surface area contributed by atoms with Crippen LogP contribution in [0.3, 0.4) is 0 Å². The number of nitrogens with zero attached hydrogens (tertiary/aromatic N) is 2. The number of hydrogen-bond acceptors (Lipinski definition) is 4. The zero-order valence-electron chi connectivity index (χ0n) is 15.0. The Kier molecular flexibility index (Phi) is 9.75. The van der Waals surface area contributed by atoms with Crippen LogP contribution in [-0.2, 0) is 14.6 Å². The molecule has 1 aliphatic heterocycles. The maximum absolute atomic E-state index is 11.9. The van der Waals surface area contributed by atoms with E-state index in [1.54, 1.807) is 6.92 Å². The second-order valence-corrected chi connectivity index (χ2v) is 8.44. The fraction of sp³-hybridized carbons (Fsp3) is 0.875. The number of aliphatic imine (C=N–C) groups is 1. The first kappa shape index (κ1) is 20.7. The van der Waals surface area contributed by atoms with E-state index in [-0.39, 0.29) is 17.4 Å². The van der Waals surface area contributed by atoms with Crippen molar-refractivity contribution in [2.75, 3.05) is 44.2 Å². The lowest BCUT2D eigenvalue weighted by Gasteiger charge is -2.20. The Bertz CT molecular complexity index is 505.